The van der Waals surface area contributed by atoms with E-state index in [4.69, 9.17) is 21.1 Å². The topological polar surface area (TPSA) is 79.8 Å². The second kappa shape index (κ2) is 10.8. The molecule has 0 aliphatic carbocycles. The first-order valence-electron chi connectivity index (χ1n) is 9.78. The maximum absolute atomic E-state index is 12.0. The van der Waals surface area contributed by atoms with Crippen molar-refractivity contribution in [2.24, 2.45) is 0 Å². The number of aromatic nitrogens is 2. The van der Waals surface area contributed by atoms with Crippen molar-refractivity contribution in [2.45, 2.75) is 13.3 Å². The summed E-state index contributed by atoms with van der Waals surface area (Å²) in [5.41, 5.74) is 0.612. The summed E-state index contributed by atoms with van der Waals surface area (Å²) in [5.74, 6) is 1.48. The molecule has 0 atom stereocenters. The molecule has 0 saturated carbocycles. The predicted octanol–water partition coefficient (Wildman–Crippen LogP) is 3.29. The zero-order chi connectivity index (χ0) is 20.5. The highest BCUT2D eigenvalue weighted by Crippen LogP contribution is 2.23. The number of halogens is 1. The number of ether oxygens (including phenoxy) is 2. The number of amides is 1. The molecule has 1 aromatic carbocycles. The van der Waals surface area contributed by atoms with Gasteiger partial charge in [0.15, 0.2) is 11.0 Å². The van der Waals surface area contributed by atoms with E-state index in [0.717, 1.165) is 45.0 Å². The van der Waals surface area contributed by atoms with Crippen molar-refractivity contribution in [3.05, 3.63) is 41.6 Å². The third-order valence-corrected chi connectivity index (χ3v) is 4.79. The predicted molar refractivity (Wildman–Crippen MR) is 113 cm³/mol. The molecular formula is C20H26ClN5O3. The molecule has 1 aromatic heterocycles. The normalized spacial score (nSPS) is 14.5. The Hall–Kier alpha value is -2.58. The van der Waals surface area contributed by atoms with Crippen LogP contribution in [-0.4, -0.2) is 67.1 Å². The summed E-state index contributed by atoms with van der Waals surface area (Å²) in [4.78, 5) is 16.6. The highest BCUT2D eigenvalue weighted by Gasteiger charge is 2.18. The molecule has 1 fully saturated rings. The lowest BCUT2D eigenvalue weighted by Gasteiger charge is -2.35. The Bertz CT molecular complexity index is 782. The Morgan fingerprint density at radius 2 is 1.93 bits per heavy atom. The monoisotopic (exact) mass is 419 g/mol. The minimum Gasteiger partial charge on any atom is -0.492 e. The van der Waals surface area contributed by atoms with Crippen LogP contribution in [0.25, 0.3) is 0 Å². The Kier molecular flexibility index (Phi) is 7.89. The minimum absolute atomic E-state index is 0.367. The van der Waals surface area contributed by atoms with Gasteiger partial charge in [-0.15, -0.1) is 10.2 Å². The molecule has 1 N–H and O–H groups in total. The van der Waals surface area contributed by atoms with E-state index in [2.05, 4.69) is 25.3 Å². The van der Waals surface area contributed by atoms with Crippen molar-refractivity contribution in [3.8, 4) is 5.75 Å². The number of anilines is 2. The maximum Gasteiger partial charge on any atom is 0.411 e. The highest BCUT2D eigenvalue weighted by atomic mass is 35.5. The van der Waals surface area contributed by atoms with Gasteiger partial charge in [-0.3, -0.25) is 10.2 Å². The van der Waals surface area contributed by atoms with Crippen LogP contribution >= 0.6 is 11.6 Å². The summed E-state index contributed by atoms with van der Waals surface area (Å²) in [6, 6.07) is 11.0. The van der Waals surface area contributed by atoms with Gasteiger partial charge in [0.25, 0.3) is 0 Å². The summed E-state index contributed by atoms with van der Waals surface area (Å²) in [5, 5.41) is 11.2. The van der Waals surface area contributed by atoms with Crippen molar-refractivity contribution in [1.29, 1.82) is 0 Å². The Balaban J connectivity index is 1.33. The van der Waals surface area contributed by atoms with Crippen LogP contribution in [0.3, 0.4) is 0 Å². The molecule has 0 unspecified atom stereocenters. The number of nitrogens with zero attached hydrogens (tertiary/aromatic N) is 4. The molecule has 9 heteroatoms. The number of nitrogens with one attached hydrogen (secondary N) is 1. The molecule has 1 amide bonds. The van der Waals surface area contributed by atoms with Crippen LogP contribution in [0.1, 0.15) is 13.3 Å². The molecule has 2 heterocycles. The van der Waals surface area contributed by atoms with Crippen LogP contribution < -0.4 is 15.0 Å². The number of benzene rings is 1. The van der Waals surface area contributed by atoms with E-state index >= 15 is 0 Å². The standard InChI is InChI=1S/C20H26ClN5O3/c1-2-28-17-7-4-3-6-16(17)22-20(27)29-15-5-10-25-11-13-26(14-12-25)19-9-8-18(21)23-24-19/h3-4,6-9H,2,5,10-15H2,1H3,(H,22,27). The van der Waals surface area contributed by atoms with Crippen molar-refractivity contribution in [2.75, 3.05) is 56.2 Å². The van der Waals surface area contributed by atoms with Gasteiger partial charge in [0.1, 0.15) is 5.75 Å². The van der Waals surface area contributed by atoms with Crippen LogP contribution in [0.4, 0.5) is 16.3 Å². The van der Waals surface area contributed by atoms with E-state index in [-0.39, 0.29) is 0 Å². The van der Waals surface area contributed by atoms with Crippen LogP contribution in [-0.2, 0) is 4.74 Å². The highest BCUT2D eigenvalue weighted by molar-refractivity contribution is 6.29. The zero-order valence-electron chi connectivity index (χ0n) is 16.5. The van der Waals surface area contributed by atoms with E-state index in [9.17, 15) is 4.79 Å². The third-order valence-electron chi connectivity index (χ3n) is 4.59. The largest absolute Gasteiger partial charge is 0.492 e. The van der Waals surface area contributed by atoms with Crippen LogP contribution in [0.5, 0.6) is 5.75 Å². The van der Waals surface area contributed by atoms with Crippen molar-refractivity contribution < 1.29 is 14.3 Å². The van der Waals surface area contributed by atoms with E-state index in [1.54, 1.807) is 12.1 Å². The number of carbonyl (C=O) groups excluding carboxylic acids is 1. The SMILES string of the molecule is CCOc1ccccc1NC(=O)OCCCN1CCN(c2ccc(Cl)nn2)CC1. The maximum atomic E-state index is 12.0. The summed E-state index contributed by atoms with van der Waals surface area (Å²) < 4.78 is 10.8. The first-order valence-corrected chi connectivity index (χ1v) is 10.2. The smallest absolute Gasteiger partial charge is 0.411 e. The Morgan fingerprint density at radius 1 is 1.14 bits per heavy atom. The quantitative estimate of drug-likeness (QED) is 0.657. The van der Waals surface area contributed by atoms with Crippen molar-refractivity contribution >= 4 is 29.2 Å². The van der Waals surface area contributed by atoms with Crippen molar-refractivity contribution in [3.63, 3.8) is 0 Å². The van der Waals surface area contributed by atoms with Gasteiger partial charge >= 0.3 is 6.09 Å². The lowest BCUT2D eigenvalue weighted by atomic mass is 10.3. The van der Waals surface area contributed by atoms with Crippen LogP contribution in [0.2, 0.25) is 5.15 Å². The second-order valence-corrected chi connectivity index (χ2v) is 6.97. The molecule has 0 spiro atoms. The average Bonchev–Trinajstić information content (AvgIpc) is 2.74. The number of carbonyl (C=O) groups is 1. The second-order valence-electron chi connectivity index (χ2n) is 6.59. The molecule has 2 aromatic rings. The number of hydrogen-bond acceptors (Lipinski definition) is 7. The fourth-order valence-corrected chi connectivity index (χ4v) is 3.23. The number of piperazine rings is 1. The summed E-state index contributed by atoms with van der Waals surface area (Å²) in [7, 11) is 0. The fourth-order valence-electron chi connectivity index (χ4n) is 3.13. The third kappa shape index (κ3) is 6.47. The van der Waals surface area contributed by atoms with Gasteiger partial charge in [0.2, 0.25) is 0 Å². The molecule has 0 bridgehead atoms. The fraction of sp³-hybridized carbons (Fsp3) is 0.450. The molecule has 1 aliphatic heterocycles. The molecule has 1 aliphatic rings. The van der Waals surface area contributed by atoms with E-state index in [1.165, 1.54) is 0 Å². The summed E-state index contributed by atoms with van der Waals surface area (Å²) >= 11 is 5.79. The van der Waals surface area contributed by atoms with Gasteiger partial charge in [-0.2, -0.15) is 0 Å². The lowest BCUT2D eigenvalue weighted by Crippen LogP contribution is -2.47. The first-order chi connectivity index (χ1) is 14.2. The number of hydrogen-bond donors (Lipinski definition) is 1. The summed E-state index contributed by atoms with van der Waals surface area (Å²) in [6.45, 7) is 7.30. The van der Waals surface area contributed by atoms with Crippen LogP contribution in [0.15, 0.2) is 36.4 Å². The van der Waals surface area contributed by atoms with Gasteiger partial charge in [-0.25, -0.2) is 4.79 Å². The molecule has 29 heavy (non-hydrogen) atoms. The van der Waals surface area contributed by atoms with Gasteiger partial charge in [-0.05, 0) is 37.6 Å². The van der Waals surface area contributed by atoms with Crippen LogP contribution in [0, 0.1) is 0 Å². The van der Waals surface area contributed by atoms with Gasteiger partial charge in [-0.1, -0.05) is 23.7 Å². The Morgan fingerprint density at radius 3 is 2.66 bits per heavy atom. The van der Waals surface area contributed by atoms with Gasteiger partial charge in [0, 0.05) is 32.7 Å². The van der Waals surface area contributed by atoms with Gasteiger partial charge < -0.3 is 14.4 Å². The lowest BCUT2D eigenvalue weighted by molar-refractivity contribution is 0.150. The summed E-state index contributed by atoms with van der Waals surface area (Å²) in [6.07, 6.45) is 0.310. The van der Waals surface area contributed by atoms with E-state index in [1.807, 2.05) is 31.2 Å². The molecule has 3 rings (SSSR count). The minimum atomic E-state index is -0.469. The Labute approximate surface area is 175 Å². The van der Waals surface area contributed by atoms with Gasteiger partial charge in [0.05, 0.1) is 18.9 Å². The molecule has 0 radical (unpaired) electrons. The molecule has 8 nitrogen and oxygen atoms in total. The molecule has 156 valence electrons. The van der Waals surface area contributed by atoms with E-state index < -0.39 is 6.09 Å². The molecular weight excluding hydrogens is 394 g/mol. The molecule has 1 saturated heterocycles. The zero-order valence-corrected chi connectivity index (χ0v) is 17.3. The van der Waals surface area contributed by atoms with Crippen molar-refractivity contribution in [1.82, 2.24) is 15.1 Å². The van der Waals surface area contributed by atoms with E-state index in [0.29, 0.717) is 29.8 Å². The number of para-hydroxylation sites is 2. The average molecular weight is 420 g/mol. The number of rotatable bonds is 8. The first kappa shape index (κ1) is 21.1.